The fourth-order valence-corrected chi connectivity index (χ4v) is 2.78. The third kappa shape index (κ3) is 4.52. The zero-order chi connectivity index (χ0) is 15.5. The minimum absolute atomic E-state index is 0.0291. The number of aryl methyl sites for hydroxylation is 1. The Morgan fingerprint density at radius 3 is 2.57 bits per heavy atom. The van der Waals surface area contributed by atoms with Crippen LogP contribution in [0.2, 0.25) is 0 Å². The topological polar surface area (TPSA) is 98.5 Å². The van der Waals surface area contributed by atoms with Gasteiger partial charge in [-0.15, -0.1) is 0 Å². The average Bonchev–Trinajstić information content (AvgIpc) is 2.82. The lowest BCUT2D eigenvalue weighted by atomic mass is 10.0. The molecular formula is C14H20N2O4S. The first-order chi connectivity index (χ1) is 9.78. The molecule has 0 saturated carbocycles. The number of primary sulfonamides is 1. The lowest BCUT2D eigenvalue weighted by molar-refractivity contribution is -0.122. The number of benzene rings is 1. The molecule has 1 saturated heterocycles. The van der Waals surface area contributed by atoms with Gasteiger partial charge in [0.05, 0.1) is 17.0 Å². The Bertz CT molecular complexity index is 604. The van der Waals surface area contributed by atoms with Crippen molar-refractivity contribution in [3.8, 4) is 0 Å². The van der Waals surface area contributed by atoms with Crippen LogP contribution >= 0.6 is 0 Å². The van der Waals surface area contributed by atoms with Crippen LogP contribution in [-0.4, -0.2) is 33.1 Å². The van der Waals surface area contributed by atoms with Gasteiger partial charge in [-0.3, -0.25) is 4.79 Å². The summed E-state index contributed by atoms with van der Waals surface area (Å²) in [5, 5.41) is 8.01. The molecule has 1 fully saturated rings. The van der Waals surface area contributed by atoms with Gasteiger partial charge < -0.3 is 10.1 Å². The molecule has 1 unspecified atom stereocenters. The predicted molar refractivity (Wildman–Crippen MR) is 78.1 cm³/mol. The molecule has 3 N–H and O–H groups in total. The van der Waals surface area contributed by atoms with Crippen LogP contribution in [0.4, 0.5) is 0 Å². The Morgan fingerprint density at radius 1 is 1.38 bits per heavy atom. The molecule has 0 radical (unpaired) electrons. The highest BCUT2D eigenvalue weighted by Gasteiger charge is 2.30. The van der Waals surface area contributed by atoms with E-state index in [4.69, 9.17) is 9.88 Å². The van der Waals surface area contributed by atoms with Gasteiger partial charge in [0.2, 0.25) is 15.9 Å². The Kier molecular flexibility index (Phi) is 4.65. The summed E-state index contributed by atoms with van der Waals surface area (Å²) >= 11 is 0. The van der Waals surface area contributed by atoms with Gasteiger partial charge in [-0.1, -0.05) is 12.1 Å². The number of carbonyl (C=O) groups excluding carboxylic acids is 1. The van der Waals surface area contributed by atoms with Crippen molar-refractivity contribution in [1.82, 2.24) is 5.32 Å². The highest BCUT2D eigenvalue weighted by Crippen LogP contribution is 2.18. The van der Waals surface area contributed by atoms with Crippen LogP contribution in [0.3, 0.4) is 0 Å². The van der Waals surface area contributed by atoms with Gasteiger partial charge >= 0.3 is 0 Å². The van der Waals surface area contributed by atoms with Crippen molar-refractivity contribution in [2.75, 3.05) is 13.2 Å². The van der Waals surface area contributed by atoms with Crippen molar-refractivity contribution in [2.45, 2.75) is 36.6 Å². The summed E-state index contributed by atoms with van der Waals surface area (Å²) in [7, 11) is -3.67. The van der Waals surface area contributed by atoms with Crippen molar-refractivity contribution in [1.29, 1.82) is 0 Å². The lowest BCUT2D eigenvalue weighted by Crippen LogP contribution is -2.46. The number of amides is 1. The third-order valence-corrected chi connectivity index (χ3v) is 4.48. The van der Waals surface area contributed by atoms with E-state index in [1.165, 1.54) is 12.1 Å². The summed E-state index contributed by atoms with van der Waals surface area (Å²) in [4.78, 5) is 12.0. The molecule has 1 atom stereocenters. The van der Waals surface area contributed by atoms with E-state index in [1.807, 2.05) is 6.92 Å². The molecule has 21 heavy (non-hydrogen) atoms. The number of ether oxygens (including phenoxy) is 1. The number of rotatable bonds is 5. The minimum Gasteiger partial charge on any atom is -0.379 e. The standard InChI is InChI=1S/C14H20N2O4S/c1-14(8-9-20-10-14)16-13(17)7-4-11-2-5-12(6-3-11)21(15,18)19/h2-3,5-6H,4,7-10H2,1H3,(H,16,17)(H2,15,18,19). The van der Waals surface area contributed by atoms with Crippen molar-refractivity contribution >= 4 is 15.9 Å². The van der Waals surface area contributed by atoms with Crippen LogP contribution in [0.25, 0.3) is 0 Å². The van der Waals surface area contributed by atoms with Crippen LogP contribution in [0.1, 0.15) is 25.3 Å². The van der Waals surface area contributed by atoms with Crippen LogP contribution in [-0.2, 0) is 26.0 Å². The first-order valence-electron chi connectivity index (χ1n) is 6.79. The normalized spacial score (nSPS) is 22.2. The van der Waals surface area contributed by atoms with Gasteiger partial charge in [0.15, 0.2) is 0 Å². The predicted octanol–water partition coefficient (Wildman–Crippen LogP) is 0.562. The van der Waals surface area contributed by atoms with Gasteiger partial charge in [0.1, 0.15) is 0 Å². The molecule has 1 aromatic carbocycles. The molecule has 0 aliphatic carbocycles. The largest absolute Gasteiger partial charge is 0.379 e. The molecule has 0 spiro atoms. The summed E-state index contributed by atoms with van der Waals surface area (Å²) in [6, 6.07) is 6.25. The molecule has 2 rings (SSSR count). The van der Waals surface area contributed by atoms with Crippen LogP contribution in [0.15, 0.2) is 29.2 Å². The summed E-state index contributed by atoms with van der Waals surface area (Å²) in [5.41, 5.74) is 0.625. The van der Waals surface area contributed by atoms with Gasteiger partial charge in [0.25, 0.3) is 0 Å². The third-order valence-electron chi connectivity index (χ3n) is 3.55. The van der Waals surface area contributed by atoms with Crippen molar-refractivity contribution in [3.05, 3.63) is 29.8 Å². The van der Waals surface area contributed by atoms with Gasteiger partial charge in [-0.2, -0.15) is 0 Å². The average molecular weight is 312 g/mol. The molecule has 0 bridgehead atoms. The van der Waals surface area contributed by atoms with E-state index >= 15 is 0 Å². The minimum atomic E-state index is -3.67. The Morgan fingerprint density at radius 2 is 2.05 bits per heavy atom. The smallest absolute Gasteiger partial charge is 0.238 e. The molecular weight excluding hydrogens is 292 g/mol. The summed E-state index contributed by atoms with van der Waals surface area (Å²) in [5.74, 6) is -0.0291. The highest BCUT2D eigenvalue weighted by molar-refractivity contribution is 7.89. The molecule has 7 heteroatoms. The number of hydrogen-bond acceptors (Lipinski definition) is 4. The van der Waals surface area contributed by atoms with E-state index < -0.39 is 10.0 Å². The van der Waals surface area contributed by atoms with E-state index in [2.05, 4.69) is 5.32 Å². The molecule has 1 heterocycles. The van der Waals surface area contributed by atoms with E-state index in [-0.39, 0.29) is 16.3 Å². The second-order valence-electron chi connectivity index (χ2n) is 5.60. The highest BCUT2D eigenvalue weighted by atomic mass is 32.2. The van der Waals surface area contributed by atoms with Crippen molar-refractivity contribution in [3.63, 3.8) is 0 Å². The second-order valence-corrected chi connectivity index (χ2v) is 7.16. The quantitative estimate of drug-likeness (QED) is 0.830. The summed E-state index contributed by atoms with van der Waals surface area (Å²) in [6.07, 6.45) is 1.72. The first kappa shape index (κ1) is 15.9. The summed E-state index contributed by atoms with van der Waals surface area (Å²) in [6.45, 7) is 3.19. The second kappa shape index (κ2) is 6.13. The van der Waals surface area contributed by atoms with Crippen LogP contribution in [0, 0.1) is 0 Å². The summed E-state index contributed by atoms with van der Waals surface area (Å²) < 4.78 is 27.6. The Labute approximate surface area is 124 Å². The number of carbonyl (C=O) groups is 1. The molecule has 6 nitrogen and oxygen atoms in total. The van der Waals surface area contributed by atoms with Crippen molar-refractivity contribution < 1.29 is 17.9 Å². The Balaban J connectivity index is 1.86. The molecule has 0 aromatic heterocycles. The van der Waals surface area contributed by atoms with Gasteiger partial charge in [-0.25, -0.2) is 13.6 Å². The van der Waals surface area contributed by atoms with E-state index in [0.29, 0.717) is 26.1 Å². The Hall–Kier alpha value is -1.44. The zero-order valence-corrected chi connectivity index (χ0v) is 12.8. The van der Waals surface area contributed by atoms with E-state index in [1.54, 1.807) is 12.1 Å². The molecule has 1 aliphatic heterocycles. The molecule has 116 valence electrons. The molecule has 1 aromatic rings. The molecule has 1 aliphatic rings. The maximum atomic E-state index is 11.9. The SMILES string of the molecule is CC1(NC(=O)CCc2ccc(S(N)(=O)=O)cc2)CCOC1. The first-order valence-corrected chi connectivity index (χ1v) is 8.34. The number of sulfonamides is 1. The van der Waals surface area contributed by atoms with E-state index in [9.17, 15) is 13.2 Å². The van der Waals surface area contributed by atoms with Crippen LogP contribution in [0.5, 0.6) is 0 Å². The monoisotopic (exact) mass is 312 g/mol. The lowest BCUT2D eigenvalue weighted by Gasteiger charge is -2.23. The number of nitrogens with two attached hydrogens (primary N) is 1. The van der Waals surface area contributed by atoms with Crippen LogP contribution < -0.4 is 10.5 Å². The van der Waals surface area contributed by atoms with Crippen molar-refractivity contribution in [2.24, 2.45) is 5.14 Å². The van der Waals surface area contributed by atoms with Gasteiger partial charge in [-0.05, 0) is 37.5 Å². The van der Waals surface area contributed by atoms with E-state index in [0.717, 1.165) is 12.0 Å². The number of hydrogen-bond donors (Lipinski definition) is 2. The van der Waals surface area contributed by atoms with Gasteiger partial charge in [0, 0.05) is 13.0 Å². The zero-order valence-electron chi connectivity index (χ0n) is 12.0. The number of nitrogens with one attached hydrogen (secondary N) is 1. The maximum Gasteiger partial charge on any atom is 0.238 e. The fraction of sp³-hybridized carbons (Fsp3) is 0.500. The molecule has 1 amide bonds. The fourth-order valence-electron chi connectivity index (χ4n) is 2.27. The maximum absolute atomic E-state index is 11.9.